The zero-order chi connectivity index (χ0) is 19.2. The van der Waals surface area contributed by atoms with E-state index in [1.54, 1.807) is 24.0 Å². The fourth-order valence-electron chi connectivity index (χ4n) is 2.57. The maximum atomic E-state index is 12.4. The van der Waals surface area contributed by atoms with Gasteiger partial charge in [0.1, 0.15) is 5.75 Å². The lowest BCUT2D eigenvalue weighted by Crippen LogP contribution is -2.37. The zero-order valence-corrected chi connectivity index (χ0v) is 16.0. The summed E-state index contributed by atoms with van der Waals surface area (Å²) in [6.45, 7) is 4.14. The summed E-state index contributed by atoms with van der Waals surface area (Å²) in [5.41, 5.74) is 1.74. The second-order valence-corrected chi connectivity index (χ2v) is 7.72. The molecule has 0 bridgehead atoms. The van der Waals surface area contributed by atoms with Crippen LogP contribution in [0.25, 0.3) is 0 Å². The van der Waals surface area contributed by atoms with Gasteiger partial charge < -0.3 is 9.64 Å². The van der Waals surface area contributed by atoms with Crippen molar-refractivity contribution in [2.24, 2.45) is 0 Å². The van der Waals surface area contributed by atoms with Gasteiger partial charge >= 0.3 is 0 Å². The highest BCUT2D eigenvalue weighted by atomic mass is 32.2. The van der Waals surface area contributed by atoms with Gasteiger partial charge in [0.15, 0.2) is 0 Å². The van der Waals surface area contributed by atoms with Crippen molar-refractivity contribution in [3.8, 4) is 5.75 Å². The molecule has 0 atom stereocenters. The van der Waals surface area contributed by atoms with Crippen LogP contribution in [0.2, 0.25) is 0 Å². The number of hydrogen-bond acceptors (Lipinski definition) is 4. The van der Waals surface area contributed by atoms with Gasteiger partial charge in [-0.2, -0.15) is 0 Å². The quantitative estimate of drug-likeness (QED) is 0.767. The molecule has 0 unspecified atom stereocenters. The molecule has 0 saturated carbocycles. The van der Waals surface area contributed by atoms with Crippen LogP contribution in [-0.2, 0) is 21.4 Å². The highest BCUT2D eigenvalue weighted by Crippen LogP contribution is 2.21. The predicted octanol–water partition coefficient (Wildman–Crippen LogP) is 2.33. The van der Waals surface area contributed by atoms with E-state index < -0.39 is 10.0 Å². The molecule has 6 nitrogen and oxygen atoms in total. The number of nitrogens with zero attached hydrogens (tertiary/aromatic N) is 1. The number of carbonyl (C=O) groups excluding carboxylic acids is 1. The zero-order valence-electron chi connectivity index (χ0n) is 15.2. The molecule has 0 aliphatic heterocycles. The monoisotopic (exact) mass is 376 g/mol. The summed E-state index contributed by atoms with van der Waals surface area (Å²) in [6, 6.07) is 14.3. The van der Waals surface area contributed by atoms with E-state index in [4.69, 9.17) is 4.74 Å². The fraction of sp³-hybridized carbons (Fsp3) is 0.316. The van der Waals surface area contributed by atoms with E-state index in [1.165, 1.54) is 20.1 Å². The number of nitrogens with one attached hydrogen (secondary N) is 1. The molecular formula is C19H24N2O4S. The van der Waals surface area contributed by atoms with E-state index in [2.05, 4.69) is 4.72 Å². The number of carbonyl (C=O) groups is 1. The Labute approximate surface area is 154 Å². The van der Waals surface area contributed by atoms with Gasteiger partial charge in [-0.25, -0.2) is 13.1 Å². The van der Waals surface area contributed by atoms with Gasteiger partial charge in [-0.3, -0.25) is 4.79 Å². The molecule has 0 aliphatic carbocycles. The van der Waals surface area contributed by atoms with Crippen LogP contribution in [0.5, 0.6) is 5.75 Å². The molecule has 140 valence electrons. The van der Waals surface area contributed by atoms with Crippen molar-refractivity contribution in [1.82, 2.24) is 9.62 Å². The molecule has 26 heavy (non-hydrogen) atoms. The number of hydrogen-bond donors (Lipinski definition) is 1. The first-order chi connectivity index (χ1) is 12.3. The van der Waals surface area contributed by atoms with Crippen LogP contribution in [0.15, 0.2) is 53.4 Å². The Bertz CT molecular complexity index is 851. The third-order valence-electron chi connectivity index (χ3n) is 4.01. The number of aryl methyl sites for hydroxylation is 1. The van der Waals surface area contributed by atoms with Crippen molar-refractivity contribution in [2.75, 3.05) is 20.2 Å². The topological polar surface area (TPSA) is 75.7 Å². The minimum atomic E-state index is -3.65. The molecule has 1 N–H and O–H groups in total. The fourth-order valence-corrected chi connectivity index (χ4v) is 3.67. The van der Waals surface area contributed by atoms with Gasteiger partial charge in [0.05, 0.1) is 12.0 Å². The average molecular weight is 376 g/mol. The number of benzene rings is 2. The maximum absolute atomic E-state index is 12.4. The molecule has 0 radical (unpaired) electrons. The lowest BCUT2D eigenvalue weighted by Gasteiger charge is -2.21. The second-order valence-electron chi connectivity index (χ2n) is 5.96. The first-order valence-corrected chi connectivity index (χ1v) is 9.75. The third kappa shape index (κ3) is 5.31. The Kier molecular flexibility index (Phi) is 6.76. The van der Waals surface area contributed by atoms with Gasteiger partial charge in [-0.05, 0) is 36.2 Å². The molecular weight excluding hydrogens is 352 g/mol. The molecule has 1 amide bonds. The molecule has 0 spiro atoms. The summed E-state index contributed by atoms with van der Waals surface area (Å²) in [5, 5.41) is 0. The summed E-state index contributed by atoms with van der Waals surface area (Å²) in [6.07, 6.45) is 0. The van der Waals surface area contributed by atoms with E-state index in [1.807, 2.05) is 30.3 Å². The van der Waals surface area contributed by atoms with E-state index in [-0.39, 0.29) is 17.3 Å². The molecule has 0 aromatic heterocycles. The molecule has 2 aromatic rings. The van der Waals surface area contributed by atoms with Gasteiger partial charge in [0.2, 0.25) is 15.9 Å². The van der Waals surface area contributed by atoms with Crippen LogP contribution < -0.4 is 9.46 Å². The van der Waals surface area contributed by atoms with E-state index in [9.17, 15) is 13.2 Å². The average Bonchev–Trinajstić information content (AvgIpc) is 2.61. The summed E-state index contributed by atoms with van der Waals surface area (Å²) >= 11 is 0. The highest BCUT2D eigenvalue weighted by molar-refractivity contribution is 7.89. The molecule has 0 saturated heterocycles. The van der Waals surface area contributed by atoms with E-state index in [0.29, 0.717) is 18.8 Å². The van der Waals surface area contributed by atoms with Crippen LogP contribution in [0.1, 0.15) is 18.1 Å². The Balaban J connectivity index is 1.99. The number of amides is 1. The number of sulfonamides is 1. The number of rotatable bonds is 8. The van der Waals surface area contributed by atoms with Gasteiger partial charge in [0, 0.05) is 26.6 Å². The third-order valence-corrected chi connectivity index (χ3v) is 5.47. The minimum absolute atomic E-state index is 0.103. The van der Waals surface area contributed by atoms with Gasteiger partial charge in [0.25, 0.3) is 0 Å². The predicted molar refractivity (Wildman–Crippen MR) is 100 cm³/mol. The molecule has 0 aliphatic rings. The van der Waals surface area contributed by atoms with Crippen LogP contribution in [0, 0.1) is 6.92 Å². The Morgan fingerprint density at radius 1 is 1.15 bits per heavy atom. The smallest absolute Gasteiger partial charge is 0.240 e. The van der Waals surface area contributed by atoms with Gasteiger partial charge in [-0.1, -0.05) is 30.3 Å². The summed E-state index contributed by atoms with van der Waals surface area (Å²) in [5.74, 6) is 0.530. The van der Waals surface area contributed by atoms with Crippen LogP contribution in [0.3, 0.4) is 0 Å². The Hall–Kier alpha value is -2.38. The van der Waals surface area contributed by atoms with Crippen LogP contribution in [0.4, 0.5) is 0 Å². The van der Waals surface area contributed by atoms with Crippen molar-refractivity contribution < 1.29 is 17.9 Å². The molecule has 7 heteroatoms. The highest BCUT2D eigenvalue weighted by Gasteiger charge is 2.16. The maximum Gasteiger partial charge on any atom is 0.240 e. The summed E-state index contributed by atoms with van der Waals surface area (Å²) in [4.78, 5) is 13.6. The van der Waals surface area contributed by atoms with Gasteiger partial charge in [-0.15, -0.1) is 0 Å². The number of ether oxygens (including phenoxy) is 1. The standard InChI is InChI=1S/C19H24N2O4S/c1-15-13-18(9-10-19(15)25-3)26(23,24)20-11-12-21(16(2)22)14-17-7-5-4-6-8-17/h4-10,13,20H,11-12,14H2,1-3H3. The van der Waals surface area contributed by atoms with Crippen molar-refractivity contribution in [1.29, 1.82) is 0 Å². The molecule has 2 rings (SSSR count). The second kappa shape index (κ2) is 8.82. The van der Waals surface area contributed by atoms with E-state index in [0.717, 1.165) is 11.1 Å². The molecule has 2 aromatic carbocycles. The first kappa shape index (κ1) is 19.9. The molecule has 0 fully saturated rings. The largest absolute Gasteiger partial charge is 0.496 e. The lowest BCUT2D eigenvalue weighted by atomic mass is 10.2. The normalized spacial score (nSPS) is 11.2. The first-order valence-electron chi connectivity index (χ1n) is 8.27. The Morgan fingerprint density at radius 2 is 1.85 bits per heavy atom. The van der Waals surface area contributed by atoms with Crippen molar-refractivity contribution >= 4 is 15.9 Å². The van der Waals surface area contributed by atoms with Crippen molar-refractivity contribution in [2.45, 2.75) is 25.3 Å². The SMILES string of the molecule is COc1ccc(S(=O)(=O)NCCN(Cc2ccccc2)C(C)=O)cc1C. The molecule has 0 heterocycles. The summed E-state index contributed by atoms with van der Waals surface area (Å²) < 4.78 is 32.6. The number of methoxy groups -OCH3 is 1. The minimum Gasteiger partial charge on any atom is -0.496 e. The van der Waals surface area contributed by atoms with Crippen molar-refractivity contribution in [3.63, 3.8) is 0 Å². The Morgan fingerprint density at radius 3 is 2.42 bits per heavy atom. The van der Waals surface area contributed by atoms with Crippen LogP contribution >= 0.6 is 0 Å². The van der Waals surface area contributed by atoms with E-state index >= 15 is 0 Å². The van der Waals surface area contributed by atoms with Crippen molar-refractivity contribution in [3.05, 3.63) is 59.7 Å². The lowest BCUT2D eigenvalue weighted by molar-refractivity contribution is -0.129. The summed E-state index contributed by atoms with van der Waals surface area (Å²) in [7, 11) is -2.11. The van der Waals surface area contributed by atoms with Crippen LogP contribution in [-0.4, -0.2) is 39.4 Å².